The number of carbonyl (C=O) groups excluding carboxylic acids is 1. The van der Waals surface area contributed by atoms with Crippen molar-refractivity contribution < 1.29 is 14.7 Å². The summed E-state index contributed by atoms with van der Waals surface area (Å²) in [5, 5.41) is 10.0. The fraction of sp³-hybridized carbons (Fsp3) is 0.571. The molecule has 0 unspecified atom stereocenters. The fourth-order valence-corrected chi connectivity index (χ4v) is 0.822. The van der Waals surface area contributed by atoms with Gasteiger partial charge in [0.2, 0.25) is 0 Å². The zero-order chi connectivity index (χ0) is 8.27. The Labute approximate surface area is 64.7 Å². The molecule has 1 saturated heterocycles. The Morgan fingerprint density at radius 2 is 2.64 bits per heavy atom. The molecule has 0 aromatic carbocycles. The van der Waals surface area contributed by atoms with E-state index in [1.54, 1.807) is 0 Å². The Morgan fingerprint density at radius 3 is 3.09 bits per heavy atom. The van der Waals surface area contributed by atoms with Crippen LogP contribution in [-0.4, -0.2) is 35.3 Å². The lowest BCUT2D eigenvalue weighted by atomic mass is 10.3. The predicted molar refractivity (Wildman–Crippen MR) is 37.1 cm³/mol. The standard InChI is InChI=1S/C7H9NO3/c1-2-3-7(10)8-4-6(9)5-11-8/h1,6,9H,3-5H2/t6-/m1/s1. The third-order valence-electron chi connectivity index (χ3n) is 1.33. The van der Waals surface area contributed by atoms with E-state index in [-0.39, 0.29) is 25.5 Å². The molecular formula is C7H9NO3. The Hall–Kier alpha value is -1.05. The van der Waals surface area contributed by atoms with Crippen molar-refractivity contribution in [3.05, 3.63) is 0 Å². The van der Waals surface area contributed by atoms with Crippen LogP contribution in [0.15, 0.2) is 0 Å². The van der Waals surface area contributed by atoms with Crippen LogP contribution in [0.3, 0.4) is 0 Å². The highest BCUT2D eigenvalue weighted by atomic mass is 16.7. The predicted octanol–water partition coefficient (Wildman–Crippen LogP) is -0.856. The van der Waals surface area contributed by atoms with Crippen molar-refractivity contribution in [1.29, 1.82) is 0 Å². The molecule has 4 heteroatoms. The van der Waals surface area contributed by atoms with Gasteiger partial charge in [-0.05, 0) is 0 Å². The lowest BCUT2D eigenvalue weighted by Gasteiger charge is -2.10. The highest BCUT2D eigenvalue weighted by Crippen LogP contribution is 2.06. The summed E-state index contributed by atoms with van der Waals surface area (Å²) in [6.07, 6.45) is 4.36. The second-order valence-corrected chi connectivity index (χ2v) is 2.29. The number of hydroxylamine groups is 2. The smallest absolute Gasteiger partial charge is 0.258 e. The van der Waals surface area contributed by atoms with Gasteiger partial charge in [-0.3, -0.25) is 9.63 Å². The largest absolute Gasteiger partial charge is 0.389 e. The van der Waals surface area contributed by atoms with Crippen LogP contribution < -0.4 is 0 Å². The molecule has 4 nitrogen and oxygen atoms in total. The van der Waals surface area contributed by atoms with Crippen LogP contribution >= 0.6 is 0 Å². The number of terminal acetylenes is 1. The number of β-amino-alcohol motifs (C(OH)–C–C–N with tert-alkyl or cyclic N) is 1. The quantitative estimate of drug-likeness (QED) is 0.501. The van der Waals surface area contributed by atoms with Crippen LogP contribution in [0.5, 0.6) is 0 Å². The average Bonchev–Trinajstić information content (AvgIpc) is 2.36. The summed E-state index contributed by atoms with van der Waals surface area (Å²) < 4.78 is 0. The number of rotatable bonds is 1. The van der Waals surface area contributed by atoms with Crippen molar-refractivity contribution in [3.8, 4) is 12.3 Å². The number of aliphatic hydroxyl groups excluding tert-OH is 1. The molecule has 0 radical (unpaired) electrons. The highest BCUT2D eigenvalue weighted by molar-refractivity contribution is 5.77. The molecule has 11 heavy (non-hydrogen) atoms. The zero-order valence-corrected chi connectivity index (χ0v) is 5.99. The number of amides is 1. The molecule has 60 valence electrons. The molecule has 0 spiro atoms. The third-order valence-corrected chi connectivity index (χ3v) is 1.33. The Balaban J connectivity index is 2.38. The molecule has 1 fully saturated rings. The molecule has 0 bridgehead atoms. The number of aliphatic hydroxyl groups is 1. The summed E-state index contributed by atoms with van der Waals surface area (Å²) in [5.41, 5.74) is 0. The van der Waals surface area contributed by atoms with E-state index in [9.17, 15) is 4.79 Å². The van der Waals surface area contributed by atoms with Gasteiger partial charge in [0.25, 0.3) is 5.91 Å². The van der Waals surface area contributed by atoms with Crippen molar-refractivity contribution in [2.45, 2.75) is 12.5 Å². The molecule has 1 aliphatic rings. The SMILES string of the molecule is C#CCC(=O)N1C[C@@H](O)CO1. The van der Waals surface area contributed by atoms with Gasteiger partial charge in [-0.25, -0.2) is 5.06 Å². The van der Waals surface area contributed by atoms with E-state index in [0.717, 1.165) is 5.06 Å². The minimum absolute atomic E-state index is 0.0206. The van der Waals surface area contributed by atoms with Crippen LogP contribution in [0, 0.1) is 12.3 Å². The van der Waals surface area contributed by atoms with Gasteiger partial charge in [-0.1, -0.05) is 5.92 Å². The molecule has 1 atom stereocenters. The average molecular weight is 155 g/mol. The van der Waals surface area contributed by atoms with Crippen molar-refractivity contribution in [3.63, 3.8) is 0 Å². The van der Waals surface area contributed by atoms with Crippen LogP contribution in [0.25, 0.3) is 0 Å². The van der Waals surface area contributed by atoms with Crippen LogP contribution in [0.4, 0.5) is 0 Å². The Bertz CT molecular complexity index is 196. The van der Waals surface area contributed by atoms with Crippen LogP contribution in [0.1, 0.15) is 6.42 Å². The maximum atomic E-state index is 10.9. The minimum atomic E-state index is -0.572. The first kappa shape index (κ1) is 8.05. The summed E-state index contributed by atoms with van der Waals surface area (Å²) >= 11 is 0. The molecule has 1 heterocycles. The van der Waals surface area contributed by atoms with E-state index in [1.165, 1.54) is 0 Å². The maximum Gasteiger partial charge on any atom is 0.258 e. The van der Waals surface area contributed by atoms with E-state index < -0.39 is 6.10 Å². The van der Waals surface area contributed by atoms with Gasteiger partial charge in [-0.15, -0.1) is 6.42 Å². The normalized spacial score (nSPS) is 23.3. The number of hydrogen-bond acceptors (Lipinski definition) is 3. The van der Waals surface area contributed by atoms with Crippen molar-refractivity contribution in [2.75, 3.05) is 13.2 Å². The van der Waals surface area contributed by atoms with Gasteiger partial charge in [0.05, 0.1) is 19.1 Å². The minimum Gasteiger partial charge on any atom is -0.389 e. The van der Waals surface area contributed by atoms with Crippen molar-refractivity contribution >= 4 is 5.91 Å². The monoisotopic (exact) mass is 155 g/mol. The second-order valence-electron chi connectivity index (χ2n) is 2.29. The zero-order valence-electron chi connectivity index (χ0n) is 5.99. The first-order valence-electron chi connectivity index (χ1n) is 3.29. The molecular weight excluding hydrogens is 146 g/mol. The lowest BCUT2D eigenvalue weighted by molar-refractivity contribution is -0.167. The van der Waals surface area contributed by atoms with Gasteiger partial charge in [-0.2, -0.15) is 0 Å². The van der Waals surface area contributed by atoms with Crippen molar-refractivity contribution in [1.82, 2.24) is 5.06 Å². The van der Waals surface area contributed by atoms with E-state index in [4.69, 9.17) is 16.4 Å². The Kier molecular flexibility index (Phi) is 2.47. The lowest BCUT2D eigenvalue weighted by Crippen LogP contribution is -2.27. The van der Waals surface area contributed by atoms with Gasteiger partial charge in [0.1, 0.15) is 6.61 Å². The van der Waals surface area contributed by atoms with E-state index in [1.807, 2.05) is 0 Å². The van der Waals surface area contributed by atoms with Crippen LogP contribution in [-0.2, 0) is 9.63 Å². The van der Waals surface area contributed by atoms with Gasteiger partial charge in [0, 0.05) is 0 Å². The fourth-order valence-electron chi connectivity index (χ4n) is 0.822. The summed E-state index contributed by atoms with van der Waals surface area (Å²) in [5.74, 6) is 1.93. The second kappa shape index (κ2) is 3.37. The maximum absolute atomic E-state index is 10.9. The highest BCUT2D eigenvalue weighted by Gasteiger charge is 2.24. The Morgan fingerprint density at radius 1 is 1.91 bits per heavy atom. The molecule has 0 aliphatic carbocycles. The molecule has 1 N–H and O–H groups in total. The molecule has 0 aromatic heterocycles. The van der Waals surface area contributed by atoms with Gasteiger partial charge < -0.3 is 5.11 Å². The molecule has 1 amide bonds. The van der Waals surface area contributed by atoms with E-state index in [0.29, 0.717) is 0 Å². The summed E-state index contributed by atoms with van der Waals surface area (Å²) in [7, 11) is 0. The molecule has 0 saturated carbocycles. The van der Waals surface area contributed by atoms with Gasteiger partial charge >= 0.3 is 0 Å². The third kappa shape index (κ3) is 1.93. The van der Waals surface area contributed by atoms with E-state index >= 15 is 0 Å². The molecule has 1 rings (SSSR count). The number of nitrogens with zero attached hydrogens (tertiary/aromatic N) is 1. The summed E-state index contributed by atoms with van der Waals surface area (Å²) in [4.78, 5) is 15.8. The summed E-state index contributed by atoms with van der Waals surface area (Å²) in [6, 6.07) is 0. The summed E-state index contributed by atoms with van der Waals surface area (Å²) in [6.45, 7) is 0.400. The topological polar surface area (TPSA) is 49.8 Å². The van der Waals surface area contributed by atoms with Crippen LogP contribution in [0.2, 0.25) is 0 Å². The van der Waals surface area contributed by atoms with Gasteiger partial charge in [0.15, 0.2) is 0 Å². The molecule has 0 aromatic rings. The molecule has 1 aliphatic heterocycles. The first-order valence-corrected chi connectivity index (χ1v) is 3.29. The first-order chi connectivity index (χ1) is 5.24. The number of carbonyl (C=O) groups is 1. The van der Waals surface area contributed by atoms with Crippen molar-refractivity contribution in [2.24, 2.45) is 0 Å². The number of hydrogen-bond donors (Lipinski definition) is 1. The van der Waals surface area contributed by atoms with E-state index in [2.05, 4.69) is 5.92 Å².